The van der Waals surface area contributed by atoms with Gasteiger partial charge in [0.25, 0.3) is 5.91 Å². The average Bonchev–Trinajstić information content (AvgIpc) is 2.49. The molecule has 0 aliphatic carbocycles. The van der Waals surface area contributed by atoms with Gasteiger partial charge in [-0.25, -0.2) is 4.79 Å². The second-order valence-corrected chi connectivity index (χ2v) is 6.02. The molecule has 0 fully saturated rings. The number of carbonyl (C=O) groups excluding carboxylic acids is 2. The summed E-state index contributed by atoms with van der Waals surface area (Å²) in [5, 5.41) is 5.49. The van der Waals surface area contributed by atoms with Gasteiger partial charge in [-0.15, -0.1) is 0 Å². The predicted octanol–water partition coefficient (Wildman–Crippen LogP) is 2.56. The number of para-hydroxylation sites is 1. The van der Waals surface area contributed by atoms with Crippen molar-refractivity contribution >= 4 is 29.3 Å². The Labute approximate surface area is 127 Å². The zero-order chi connectivity index (χ0) is 15.6. The molecule has 6 nitrogen and oxygen atoms in total. The highest BCUT2D eigenvalue weighted by Crippen LogP contribution is 2.33. The van der Waals surface area contributed by atoms with Crippen molar-refractivity contribution in [3.63, 3.8) is 0 Å². The van der Waals surface area contributed by atoms with Gasteiger partial charge in [0.1, 0.15) is 29.7 Å². The molecule has 2 rings (SSSR count). The van der Waals surface area contributed by atoms with Crippen LogP contribution in [0.2, 0.25) is 5.02 Å². The molecule has 1 aliphatic heterocycles. The van der Waals surface area contributed by atoms with Crippen molar-refractivity contribution in [1.29, 1.82) is 0 Å². The van der Waals surface area contributed by atoms with E-state index in [1.54, 1.807) is 39.0 Å². The first-order chi connectivity index (χ1) is 9.76. The minimum atomic E-state index is -0.858. The fraction of sp³-hybridized carbons (Fsp3) is 0.429. The molecule has 0 saturated carbocycles. The van der Waals surface area contributed by atoms with E-state index in [0.29, 0.717) is 16.5 Å². The molecule has 0 bridgehead atoms. The lowest BCUT2D eigenvalue weighted by Gasteiger charge is -2.22. The van der Waals surface area contributed by atoms with Crippen LogP contribution in [0.15, 0.2) is 18.2 Å². The molecular weight excluding hydrogens is 296 g/mol. The van der Waals surface area contributed by atoms with Crippen LogP contribution in [-0.4, -0.2) is 30.3 Å². The van der Waals surface area contributed by atoms with Crippen molar-refractivity contribution in [2.45, 2.75) is 32.4 Å². The van der Waals surface area contributed by atoms with Crippen molar-refractivity contribution in [2.24, 2.45) is 0 Å². The van der Waals surface area contributed by atoms with E-state index in [9.17, 15) is 9.59 Å². The topological polar surface area (TPSA) is 76.7 Å². The van der Waals surface area contributed by atoms with E-state index in [2.05, 4.69) is 10.6 Å². The Morgan fingerprint density at radius 2 is 2.19 bits per heavy atom. The van der Waals surface area contributed by atoms with Crippen LogP contribution in [0.5, 0.6) is 5.75 Å². The van der Waals surface area contributed by atoms with Crippen LogP contribution in [0.3, 0.4) is 0 Å². The standard InChI is InChI=1S/C14H17ClN2O4/c1-14(2,3)21-13(19)16-9-7-20-10-6-4-5-8(15)11(10)17-12(9)18/h4-6,9H,7H2,1-3H3,(H,16,19)(H,17,18). The Balaban J connectivity index is 2.07. The van der Waals surface area contributed by atoms with Gasteiger partial charge in [-0.3, -0.25) is 4.79 Å². The second kappa shape index (κ2) is 5.81. The SMILES string of the molecule is CC(C)(C)OC(=O)NC1COc2cccc(Cl)c2NC1=O. The third-order valence-electron chi connectivity index (χ3n) is 2.64. The normalized spacial score (nSPS) is 17.9. The van der Waals surface area contributed by atoms with Gasteiger partial charge in [0.2, 0.25) is 0 Å². The highest BCUT2D eigenvalue weighted by molar-refractivity contribution is 6.34. The smallest absolute Gasteiger partial charge is 0.408 e. The summed E-state index contributed by atoms with van der Waals surface area (Å²) in [5.41, 5.74) is -0.240. The van der Waals surface area contributed by atoms with Gasteiger partial charge in [0.15, 0.2) is 0 Å². The molecule has 0 radical (unpaired) electrons. The predicted molar refractivity (Wildman–Crippen MR) is 78.7 cm³/mol. The van der Waals surface area contributed by atoms with Crippen LogP contribution in [-0.2, 0) is 9.53 Å². The summed E-state index contributed by atoms with van der Waals surface area (Å²) in [6.45, 7) is 5.22. The van der Waals surface area contributed by atoms with E-state index < -0.39 is 23.6 Å². The minimum Gasteiger partial charge on any atom is -0.489 e. The first-order valence-corrected chi connectivity index (χ1v) is 6.86. The molecular formula is C14H17ClN2O4. The third-order valence-corrected chi connectivity index (χ3v) is 2.95. The Morgan fingerprint density at radius 3 is 2.86 bits per heavy atom. The number of ether oxygens (including phenoxy) is 2. The number of rotatable bonds is 1. The van der Waals surface area contributed by atoms with Crippen LogP contribution in [0.4, 0.5) is 10.5 Å². The number of hydrogen-bond donors (Lipinski definition) is 2. The Bertz CT molecular complexity index is 569. The highest BCUT2D eigenvalue weighted by Gasteiger charge is 2.29. The molecule has 114 valence electrons. The van der Waals surface area contributed by atoms with Crippen LogP contribution >= 0.6 is 11.6 Å². The van der Waals surface area contributed by atoms with Crippen molar-refractivity contribution in [2.75, 3.05) is 11.9 Å². The van der Waals surface area contributed by atoms with Crippen LogP contribution in [0.25, 0.3) is 0 Å². The molecule has 1 atom stereocenters. The number of benzene rings is 1. The number of carbonyl (C=O) groups is 2. The molecule has 21 heavy (non-hydrogen) atoms. The van der Waals surface area contributed by atoms with E-state index in [0.717, 1.165) is 0 Å². The fourth-order valence-corrected chi connectivity index (χ4v) is 1.98. The lowest BCUT2D eigenvalue weighted by molar-refractivity contribution is -0.118. The van der Waals surface area contributed by atoms with Crippen LogP contribution in [0.1, 0.15) is 20.8 Å². The van der Waals surface area contributed by atoms with Gasteiger partial charge in [0, 0.05) is 0 Å². The third kappa shape index (κ3) is 4.01. The molecule has 1 unspecified atom stereocenters. The highest BCUT2D eigenvalue weighted by atomic mass is 35.5. The number of nitrogens with one attached hydrogen (secondary N) is 2. The molecule has 0 saturated heterocycles. The van der Waals surface area contributed by atoms with Crippen LogP contribution in [0, 0.1) is 0 Å². The quantitative estimate of drug-likeness (QED) is 0.835. The summed E-state index contributed by atoms with van der Waals surface area (Å²) in [7, 11) is 0. The Hall–Kier alpha value is -1.95. The number of fused-ring (bicyclic) bond motifs is 1. The van der Waals surface area contributed by atoms with E-state index in [-0.39, 0.29) is 6.61 Å². The Kier molecular flexibility index (Phi) is 4.27. The molecule has 1 heterocycles. The molecule has 1 aromatic rings. The molecule has 7 heteroatoms. The van der Waals surface area contributed by atoms with Crippen LogP contribution < -0.4 is 15.4 Å². The zero-order valence-corrected chi connectivity index (χ0v) is 12.8. The average molecular weight is 313 g/mol. The Morgan fingerprint density at radius 1 is 1.48 bits per heavy atom. The maximum atomic E-state index is 12.1. The number of alkyl carbamates (subject to hydrolysis) is 1. The second-order valence-electron chi connectivity index (χ2n) is 5.61. The largest absolute Gasteiger partial charge is 0.489 e. The summed E-state index contributed by atoms with van der Waals surface area (Å²) in [6.07, 6.45) is -0.677. The van der Waals surface area contributed by atoms with Crippen molar-refractivity contribution in [3.05, 3.63) is 23.2 Å². The first kappa shape index (κ1) is 15.4. The van der Waals surface area contributed by atoms with Gasteiger partial charge in [-0.2, -0.15) is 0 Å². The maximum Gasteiger partial charge on any atom is 0.408 e. The molecule has 0 aromatic heterocycles. The maximum absolute atomic E-state index is 12.1. The van der Waals surface area contributed by atoms with E-state index >= 15 is 0 Å². The van der Waals surface area contributed by atoms with Gasteiger partial charge < -0.3 is 20.1 Å². The molecule has 1 aliphatic rings. The molecule has 2 N–H and O–H groups in total. The van der Waals surface area contributed by atoms with E-state index in [1.165, 1.54) is 0 Å². The number of halogens is 1. The number of amides is 2. The fourth-order valence-electron chi connectivity index (χ4n) is 1.76. The molecule has 1 aromatic carbocycles. The lowest BCUT2D eigenvalue weighted by Crippen LogP contribution is -2.48. The lowest BCUT2D eigenvalue weighted by atomic mass is 10.2. The van der Waals surface area contributed by atoms with Gasteiger partial charge in [-0.1, -0.05) is 17.7 Å². The van der Waals surface area contributed by atoms with Gasteiger partial charge in [0.05, 0.1) is 5.02 Å². The number of hydrogen-bond acceptors (Lipinski definition) is 4. The van der Waals surface area contributed by atoms with Gasteiger partial charge >= 0.3 is 6.09 Å². The van der Waals surface area contributed by atoms with Crippen molar-refractivity contribution < 1.29 is 19.1 Å². The van der Waals surface area contributed by atoms with E-state index in [4.69, 9.17) is 21.1 Å². The summed E-state index contributed by atoms with van der Waals surface area (Å²) in [5.74, 6) is 0.0528. The summed E-state index contributed by atoms with van der Waals surface area (Å²) in [6, 6.07) is 4.20. The summed E-state index contributed by atoms with van der Waals surface area (Å²) in [4.78, 5) is 23.8. The first-order valence-electron chi connectivity index (χ1n) is 6.48. The molecule has 0 spiro atoms. The number of anilines is 1. The monoisotopic (exact) mass is 312 g/mol. The minimum absolute atomic E-state index is 0.00157. The van der Waals surface area contributed by atoms with Crippen molar-refractivity contribution in [1.82, 2.24) is 5.32 Å². The summed E-state index contributed by atoms with van der Waals surface area (Å²) >= 11 is 6.01. The van der Waals surface area contributed by atoms with E-state index in [1.807, 2.05) is 0 Å². The van der Waals surface area contributed by atoms with Gasteiger partial charge in [-0.05, 0) is 32.9 Å². The summed E-state index contributed by atoms with van der Waals surface area (Å²) < 4.78 is 10.6. The van der Waals surface area contributed by atoms with Crippen molar-refractivity contribution in [3.8, 4) is 5.75 Å². The zero-order valence-electron chi connectivity index (χ0n) is 12.0. The molecule has 2 amide bonds.